The molecule has 0 unspecified atom stereocenters. The lowest BCUT2D eigenvalue weighted by Crippen LogP contribution is -2.17. The third-order valence-corrected chi connectivity index (χ3v) is 3.45. The zero-order chi connectivity index (χ0) is 17.1. The molecule has 8 heteroatoms. The first-order valence-corrected chi connectivity index (χ1v) is 7.26. The summed E-state index contributed by atoms with van der Waals surface area (Å²) in [6, 6.07) is 4.24. The minimum absolute atomic E-state index is 0.0382. The molecule has 23 heavy (non-hydrogen) atoms. The van der Waals surface area contributed by atoms with Gasteiger partial charge in [0, 0.05) is 18.1 Å². The van der Waals surface area contributed by atoms with Crippen LogP contribution in [0.25, 0.3) is 0 Å². The van der Waals surface area contributed by atoms with Crippen LogP contribution in [0.5, 0.6) is 0 Å². The van der Waals surface area contributed by atoms with Gasteiger partial charge in [0.15, 0.2) is 5.69 Å². The summed E-state index contributed by atoms with van der Waals surface area (Å²) in [6.07, 6.45) is 1.37. The predicted molar refractivity (Wildman–Crippen MR) is 86.9 cm³/mol. The highest BCUT2D eigenvalue weighted by Crippen LogP contribution is 2.23. The fourth-order valence-corrected chi connectivity index (χ4v) is 2.03. The van der Waals surface area contributed by atoms with Gasteiger partial charge >= 0.3 is 0 Å². The predicted octanol–water partition coefficient (Wildman–Crippen LogP) is 3.72. The molecule has 0 spiro atoms. The maximum absolute atomic E-state index is 12.4. The molecule has 2 rings (SSSR count). The van der Waals surface area contributed by atoms with E-state index < -0.39 is 10.8 Å². The van der Waals surface area contributed by atoms with Gasteiger partial charge in [-0.25, -0.2) is 9.97 Å². The summed E-state index contributed by atoms with van der Waals surface area (Å²) in [5, 5.41) is 13.6. The van der Waals surface area contributed by atoms with Gasteiger partial charge in [-0.05, 0) is 12.5 Å². The smallest absolute Gasteiger partial charge is 0.275 e. The van der Waals surface area contributed by atoms with E-state index >= 15 is 0 Å². The van der Waals surface area contributed by atoms with Crippen LogP contribution in [-0.4, -0.2) is 20.8 Å². The van der Waals surface area contributed by atoms with E-state index in [2.05, 4.69) is 15.3 Å². The minimum atomic E-state index is -0.539. The van der Waals surface area contributed by atoms with Crippen LogP contribution in [-0.2, 0) is 0 Å². The Hall–Kier alpha value is -2.54. The van der Waals surface area contributed by atoms with Crippen molar-refractivity contribution in [2.75, 3.05) is 5.32 Å². The minimum Gasteiger partial charge on any atom is -0.320 e. The van der Waals surface area contributed by atoms with E-state index in [9.17, 15) is 14.9 Å². The Kier molecular flexibility index (Phi) is 4.90. The Bertz CT molecular complexity index is 777. The summed E-state index contributed by atoms with van der Waals surface area (Å²) in [5.74, 6) is -0.00317. The number of nitro benzene ring substituents is 1. The summed E-state index contributed by atoms with van der Waals surface area (Å²) in [5.41, 5.74) is 0.960. The summed E-state index contributed by atoms with van der Waals surface area (Å²) < 4.78 is 0. The largest absolute Gasteiger partial charge is 0.320 e. The highest BCUT2D eigenvalue weighted by Gasteiger charge is 2.17. The number of carbonyl (C=O) groups excluding carboxylic acids is 1. The molecule has 1 N–H and O–H groups in total. The Labute approximate surface area is 137 Å². The molecule has 2 aromatic rings. The van der Waals surface area contributed by atoms with Crippen molar-refractivity contribution in [1.82, 2.24) is 9.97 Å². The number of non-ortho nitro benzene ring substituents is 1. The molecule has 120 valence electrons. The van der Waals surface area contributed by atoms with Crippen molar-refractivity contribution in [3.05, 3.63) is 56.6 Å². The average molecular weight is 335 g/mol. The topological polar surface area (TPSA) is 98.0 Å². The monoisotopic (exact) mass is 334 g/mol. The van der Waals surface area contributed by atoms with Crippen molar-refractivity contribution in [1.29, 1.82) is 0 Å². The summed E-state index contributed by atoms with van der Waals surface area (Å²) in [6.45, 7) is 5.53. The Morgan fingerprint density at radius 1 is 1.39 bits per heavy atom. The number of amides is 1. The standard InChI is InChI=1S/C15H15ClN4O3/c1-8(2)14-17-7-11(16)13(19-14)15(21)18-12-6-10(20(22)23)5-4-9(12)3/h4-8H,1-3H3,(H,18,21). The third kappa shape index (κ3) is 3.81. The summed E-state index contributed by atoms with van der Waals surface area (Å²) in [4.78, 5) is 30.9. The number of hydrogen-bond donors (Lipinski definition) is 1. The van der Waals surface area contributed by atoms with Crippen molar-refractivity contribution in [3.63, 3.8) is 0 Å². The van der Waals surface area contributed by atoms with E-state index in [1.54, 1.807) is 13.0 Å². The number of anilines is 1. The fourth-order valence-electron chi connectivity index (χ4n) is 1.86. The molecule has 0 fully saturated rings. The average Bonchev–Trinajstić information content (AvgIpc) is 2.49. The van der Waals surface area contributed by atoms with Crippen LogP contribution in [0, 0.1) is 17.0 Å². The second kappa shape index (κ2) is 6.70. The van der Waals surface area contributed by atoms with Crippen molar-refractivity contribution in [3.8, 4) is 0 Å². The van der Waals surface area contributed by atoms with Gasteiger partial charge in [0.1, 0.15) is 5.82 Å². The lowest BCUT2D eigenvalue weighted by Gasteiger charge is -2.10. The molecule has 0 atom stereocenters. The Morgan fingerprint density at radius 2 is 2.09 bits per heavy atom. The van der Waals surface area contributed by atoms with E-state index in [0.717, 1.165) is 0 Å². The maximum atomic E-state index is 12.4. The molecule has 0 saturated heterocycles. The molecule has 7 nitrogen and oxygen atoms in total. The normalized spacial score (nSPS) is 10.7. The van der Waals surface area contributed by atoms with Crippen LogP contribution in [0.2, 0.25) is 5.02 Å². The number of halogens is 1. The molecule has 1 aromatic heterocycles. The number of aryl methyl sites for hydroxylation is 1. The first-order valence-electron chi connectivity index (χ1n) is 6.88. The van der Waals surface area contributed by atoms with Gasteiger partial charge in [-0.15, -0.1) is 0 Å². The quantitative estimate of drug-likeness (QED) is 0.678. The Balaban J connectivity index is 2.34. The first-order chi connectivity index (χ1) is 10.8. The van der Waals surface area contributed by atoms with E-state index in [0.29, 0.717) is 17.1 Å². The van der Waals surface area contributed by atoms with Gasteiger partial charge in [-0.1, -0.05) is 31.5 Å². The third-order valence-electron chi connectivity index (χ3n) is 3.17. The summed E-state index contributed by atoms with van der Waals surface area (Å²) >= 11 is 5.99. The van der Waals surface area contributed by atoms with Crippen LogP contribution in [0.15, 0.2) is 24.4 Å². The van der Waals surface area contributed by atoms with Gasteiger partial charge in [0.05, 0.1) is 21.8 Å². The van der Waals surface area contributed by atoms with Gasteiger partial charge in [-0.3, -0.25) is 14.9 Å². The SMILES string of the molecule is Cc1ccc([N+](=O)[O-])cc1NC(=O)c1nc(C(C)C)ncc1Cl. The maximum Gasteiger partial charge on any atom is 0.275 e. The number of nitrogens with one attached hydrogen (secondary N) is 1. The van der Waals surface area contributed by atoms with Crippen LogP contribution in [0.1, 0.15) is 41.6 Å². The van der Waals surface area contributed by atoms with Crippen molar-refractivity contribution < 1.29 is 9.72 Å². The van der Waals surface area contributed by atoms with E-state index in [-0.39, 0.29) is 22.3 Å². The fraction of sp³-hybridized carbons (Fsp3) is 0.267. The van der Waals surface area contributed by atoms with E-state index in [1.165, 1.54) is 18.3 Å². The second-order valence-electron chi connectivity index (χ2n) is 5.29. The first kappa shape index (κ1) is 16.8. The molecule has 1 aromatic carbocycles. The lowest BCUT2D eigenvalue weighted by molar-refractivity contribution is -0.384. The Morgan fingerprint density at radius 3 is 2.70 bits per heavy atom. The molecule has 1 heterocycles. The molecule has 1 amide bonds. The lowest BCUT2D eigenvalue weighted by atomic mass is 10.1. The molecule has 0 saturated carbocycles. The molecule has 0 aliphatic carbocycles. The number of nitro groups is 1. The molecular weight excluding hydrogens is 320 g/mol. The van der Waals surface area contributed by atoms with E-state index in [1.807, 2.05) is 13.8 Å². The van der Waals surface area contributed by atoms with Gasteiger partial charge in [0.2, 0.25) is 0 Å². The molecule has 0 bridgehead atoms. The van der Waals surface area contributed by atoms with Gasteiger partial charge in [0.25, 0.3) is 11.6 Å². The number of hydrogen-bond acceptors (Lipinski definition) is 5. The van der Waals surface area contributed by atoms with E-state index in [4.69, 9.17) is 11.6 Å². The second-order valence-corrected chi connectivity index (χ2v) is 5.70. The van der Waals surface area contributed by atoms with Crippen LogP contribution < -0.4 is 5.32 Å². The van der Waals surface area contributed by atoms with Crippen LogP contribution in [0.3, 0.4) is 0 Å². The zero-order valence-electron chi connectivity index (χ0n) is 12.8. The molecule has 0 aliphatic rings. The van der Waals surface area contributed by atoms with Gasteiger partial charge in [-0.2, -0.15) is 0 Å². The number of carbonyl (C=O) groups is 1. The van der Waals surface area contributed by atoms with Crippen molar-refractivity contribution in [2.45, 2.75) is 26.7 Å². The molecule has 0 aliphatic heterocycles. The zero-order valence-corrected chi connectivity index (χ0v) is 13.6. The number of aromatic nitrogens is 2. The molecule has 0 radical (unpaired) electrons. The number of rotatable bonds is 4. The van der Waals surface area contributed by atoms with Crippen LogP contribution >= 0.6 is 11.6 Å². The van der Waals surface area contributed by atoms with Crippen molar-refractivity contribution >= 4 is 28.9 Å². The van der Waals surface area contributed by atoms with Crippen LogP contribution in [0.4, 0.5) is 11.4 Å². The van der Waals surface area contributed by atoms with Crippen molar-refractivity contribution in [2.24, 2.45) is 0 Å². The summed E-state index contributed by atoms with van der Waals surface area (Å²) in [7, 11) is 0. The molecular formula is C15H15ClN4O3. The van der Waals surface area contributed by atoms with Gasteiger partial charge < -0.3 is 5.32 Å². The highest BCUT2D eigenvalue weighted by atomic mass is 35.5. The number of nitrogens with zero attached hydrogens (tertiary/aromatic N) is 3. The highest BCUT2D eigenvalue weighted by molar-refractivity contribution is 6.33. The number of benzene rings is 1.